The number of ketones is 1. The minimum absolute atomic E-state index is 0.150. The van der Waals surface area contributed by atoms with Crippen molar-refractivity contribution in [3.05, 3.63) is 41.7 Å². The van der Waals surface area contributed by atoms with Gasteiger partial charge in [-0.3, -0.25) is 9.48 Å². The molecule has 1 heterocycles. The van der Waals surface area contributed by atoms with Gasteiger partial charge < -0.3 is 5.73 Å². The molecule has 2 aromatic rings. The summed E-state index contributed by atoms with van der Waals surface area (Å²) in [6.45, 7) is 0. The smallest absolute Gasteiger partial charge is 0.214 e. The van der Waals surface area contributed by atoms with Crippen LogP contribution in [0.4, 0.5) is 5.69 Å². The molecule has 0 saturated carbocycles. The van der Waals surface area contributed by atoms with E-state index in [4.69, 9.17) is 5.73 Å². The molecule has 0 spiro atoms. The molecule has 0 atom stereocenters. The number of nitrogens with zero attached hydrogens (tertiary/aromatic N) is 3. The normalized spacial score (nSPS) is 10.2. The van der Waals surface area contributed by atoms with Crippen molar-refractivity contribution in [2.45, 2.75) is 0 Å². The van der Waals surface area contributed by atoms with E-state index in [9.17, 15) is 4.79 Å². The van der Waals surface area contributed by atoms with E-state index in [0.29, 0.717) is 16.9 Å². The van der Waals surface area contributed by atoms with Crippen LogP contribution in [-0.4, -0.2) is 20.8 Å². The Labute approximate surface area is 86.5 Å². The first kappa shape index (κ1) is 9.39. The maximum atomic E-state index is 11.8. The Morgan fingerprint density at radius 3 is 2.53 bits per heavy atom. The summed E-state index contributed by atoms with van der Waals surface area (Å²) in [6.07, 6.45) is 1.58. The van der Waals surface area contributed by atoms with Gasteiger partial charge in [0.05, 0.1) is 6.20 Å². The van der Waals surface area contributed by atoms with Crippen molar-refractivity contribution >= 4 is 11.5 Å². The molecule has 0 aliphatic rings. The third-order valence-corrected chi connectivity index (χ3v) is 2.01. The first-order valence-corrected chi connectivity index (χ1v) is 4.43. The lowest BCUT2D eigenvalue weighted by Gasteiger charge is -1.97. The lowest BCUT2D eigenvalue weighted by atomic mass is 10.1. The summed E-state index contributed by atoms with van der Waals surface area (Å²) in [4.78, 5) is 11.8. The highest BCUT2D eigenvalue weighted by Crippen LogP contribution is 2.09. The van der Waals surface area contributed by atoms with Crippen molar-refractivity contribution in [1.82, 2.24) is 15.0 Å². The number of anilines is 1. The van der Waals surface area contributed by atoms with Gasteiger partial charge in [0.1, 0.15) is 0 Å². The molecule has 0 unspecified atom stereocenters. The van der Waals surface area contributed by atoms with Crippen molar-refractivity contribution < 1.29 is 4.79 Å². The van der Waals surface area contributed by atoms with E-state index < -0.39 is 0 Å². The molecule has 0 fully saturated rings. The number of rotatable bonds is 2. The zero-order valence-corrected chi connectivity index (χ0v) is 8.21. The van der Waals surface area contributed by atoms with Gasteiger partial charge in [-0.15, -0.1) is 5.10 Å². The molecule has 1 aromatic carbocycles. The van der Waals surface area contributed by atoms with Crippen LogP contribution in [0.5, 0.6) is 0 Å². The fraction of sp³-hybridized carbons (Fsp3) is 0.100. The Morgan fingerprint density at radius 1 is 1.33 bits per heavy atom. The summed E-state index contributed by atoms with van der Waals surface area (Å²) >= 11 is 0. The van der Waals surface area contributed by atoms with Crippen LogP contribution in [0.2, 0.25) is 0 Å². The van der Waals surface area contributed by atoms with E-state index in [-0.39, 0.29) is 5.78 Å². The Bertz CT molecular complexity index is 486. The van der Waals surface area contributed by atoms with Crippen LogP contribution in [0.15, 0.2) is 30.5 Å². The van der Waals surface area contributed by atoms with E-state index >= 15 is 0 Å². The molecule has 15 heavy (non-hydrogen) atoms. The number of aryl methyl sites for hydroxylation is 1. The van der Waals surface area contributed by atoms with Crippen molar-refractivity contribution in [1.29, 1.82) is 0 Å². The fourth-order valence-corrected chi connectivity index (χ4v) is 1.23. The van der Waals surface area contributed by atoms with Crippen LogP contribution in [0, 0.1) is 0 Å². The van der Waals surface area contributed by atoms with E-state index in [1.54, 1.807) is 37.5 Å². The van der Waals surface area contributed by atoms with Gasteiger partial charge in [0, 0.05) is 18.3 Å². The zero-order valence-electron chi connectivity index (χ0n) is 8.21. The average molecular weight is 202 g/mol. The fourth-order valence-electron chi connectivity index (χ4n) is 1.23. The molecule has 76 valence electrons. The summed E-state index contributed by atoms with van der Waals surface area (Å²) in [5, 5.41) is 7.45. The molecule has 2 N–H and O–H groups in total. The third-order valence-electron chi connectivity index (χ3n) is 2.01. The first-order chi connectivity index (χ1) is 7.16. The molecular weight excluding hydrogens is 192 g/mol. The van der Waals surface area contributed by atoms with Crippen molar-refractivity contribution in [2.24, 2.45) is 7.05 Å². The quantitative estimate of drug-likeness (QED) is 0.572. The lowest BCUT2D eigenvalue weighted by Crippen LogP contribution is -2.01. The molecule has 1 aromatic heterocycles. The second-order valence-electron chi connectivity index (χ2n) is 3.23. The summed E-state index contributed by atoms with van der Waals surface area (Å²) in [5.74, 6) is -0.150. The Hall–Kier alpha value is -2.17. The molecular formula is C10H10N4O. The van der Waals surface area contributed by atoms with Crippen molar-refractivity contribution in [3.63, 3.8) is 0 Å². The van der Waals surface area contributed by atoms with E-state index in [0.717, 1.165) is 0 Å². The lowest BCUT2D eigenvalue weighted by molar-refractivity contribution is 0.103. The largest absolute Gasteiger partial charge is 0.399 e. The highest BCUT2D eigenvalue weighted by molar-refractivity contribution is 6.07. The van der Waals surface area contributed by atoms with Gasteiger partial charge in [-0.05, 0) is 24.3 Å². The van der Waals surface area contributed by atoms with Crippen molar-refractivity contribution in [2.75, 3.05) is 5.73 Å². The predicted octanol–water partition coefficient (Wildman–Crippen LogP) is 0.628. The second kappa shape index (κ2) is 3.53. The Kier molecular flexibility index (Phi) is 2.21. The first-order valence-electron chi connectivity index (χ1n) is 4.43. The zero-order chi connectivity index (χ0) is 10.8. The summed E-state index contributed by atoms with van der Waals surface area (Å²) in [5.41, 5.74) is 7.05. The van der Waals surface area contributed by atoms with Gasteiger partial charge in [0.2, 0.25) is 5.78 Å². The van der Waals surface area contributed by atoms with E-state index in [1.807, 2.05) is 0 Å². The number of carbonyl (C=O) groups is 1. The van der Waals surface area contributed by atoms with Crippen LogP contribution in [0.1, 0.15) is 16.1 Å². The van der Waals surface area contributed by atoms with E-state index in [1.165, 1.54) is 4.68 Å². The van der Waals surface area contributed by atoms with Gasteiger partial charge in [-0.1, -0.05) is 5.21 Å². The molecule has 2 rings (SSSR count). The second-order valence-corrected chi connectivity index (χ2v) is 3.23. The number of nitrogen functional groups attached to an aromatic ring is 1. The molecule has 0 aliphatic carbocycles. The standard InChI is InChI=1S/C10H10N4O/c1-14-6-9(12-13-14)10(15)7-2-4-8(11)5-3-7/h2-6H,11H2,1H3. The number of hydrogen-bond donors (Lipinski definition) is 1. The van der Waals surface area contributed by atoms with Gasteiger partial charge in [-0.25, -0.2) is 0 Å². The molecule has 5 nitrogen and oxygen atoms in total. The Balaban J connectivity index is 2.32. The molecule has 0 radical (unpaired) electrons. The topological polar surface area (TPSA) is 73.8 Å². The monoisotopic (exact) mass is 202 g/mol. The van der Waals surface area contributed by atoms with Crippen LogP contribution in [0.25, 0.3) is 0 Å². The average Bonchev–Trinajstić information content (AvgIpc) is 2.65. The summed E-state index contributed by atoms with van der Waals surface area (Å²) in [6, 6.07) is 6.71. The van der Waals surface area contributed by atoms with Crippen LogP contribution in [-0.2, 0) is 7.05 Å². The van der Waals surface area contributed by atoms with Gasteiger partial charge >= 0.3 is 0 Å². The predicted molar refractivity (Wildman–Crippen MR) is 55.3 cm³/mol. The minimum atomic E-state index is -0.150. The maximum Gasteiger partial charge on any atom is 0.214 e. The molecule has 0 aliphatic heterocycles. The minimum Gasteiger partial charge on any atom is -0.399 e. The van der Waals surface area contributed by atoms with Crippen LogP contribution >= 0.6 is 0 Å². The maximum absolute atomic E-state index is 11.8. The van der Waals surface area contributed by atoms with Gasteiger partial charge in [0.25, 0.3) is 0 Å². The summed E-state index contributed by atoms with van der Waals surface area (Å²) in [7, 11) is 1.72. The number of nitrogens with two attached hydrogens (primary N) is 1. The molecule has 5 heteroatoms. The number of hydrogen-bond acceptors (Lipinski definition) is 4. The summed E-state index contributed by atoms with van der Waals surface area (Å²) < 4.78 is 1.49. The molecule has 0 amide bonds. The van der Waals surface area contributed by atoms with E-state index in [2.05, 4.69) is 10.3 Å². The highest BCUT2D eigenvalue weighted by atomic mass is 16.1. The van der Waals surface area contributed by atoms with Crippen LogP contribution in [0.3, 0.4) is 0 Å². The van der Waals surface area contributed by atoms with Crippen LogP contribution < -0.4 is 5.73 Å². The van der Waals surface area contributed by atoms with Gasteiger partial charge in [-0.2, -0.15) is 0 Å². The number of benzene rings is 1. The third kappa shape index (κ3) is 1.85. The number of aromatic nitrogens is 3. The number of carbonyl (C=O) groups excluding carboxylic acids is 1. The molecule has 0 saturated heterocycles. The highest BCUT2D eigenvalue weighted by Gasteiger charge is 2.11. The van der Waals surface area contributed by atoms with Crippen molar-refractivity contribution in [3.8, 4) is 0 Å². The SMILES string of the molecule is Cn1cc(C(=O)c2ccc(N)cc2)nn1. The Morgan fingerprint density at radius 2 is 2.00 bits per heavy atom. The molecule has 0 bridgehead atoms. The van der Waals surface area contributed by atoms with Gasteiger partial charge in [0.15, 0.2) is 5.69 Å².